The van der Waals surface area contributed by atoms with Gasteiger partial charge in [0, 0.05) is 29.1 Å². The van der Waals surface area contributed by atoms with Crippen molar-refractivity contribution in [2.24, 2.45) is 5.10 Å². The molecule has 0 aromatic heterocycles. The maximum absolute atomic E-state index is 11.9. The highest BCUT2D eigenvalue weighted by molar-refractivity contribution is 6.06. The third kappa shape index (κ3) is 5.54. The maximum Gasteiger partial charge on any atom is 0.271 e. The van der Waals surface area contributed by atoms with Crippen LogP contribution in [0.2, 0.25) is 0 Å². The minimum atomic E-state index is -0.546. The predicted octanol–water partition coefficient (Wildman–Crippen LogP) is 2.73. The molecular weight excluding hydrogens is 324 g/mol. The number of anilines is 1. The third-order valence-electron chi connectivity index (χ3n) is 3.16. The van der Waals surface area contributed by atoms with Crippen LogP contribution in [0.5, 0.6) is 0 Å². The Morgan fingerprint density at radius 2 is 1.72 bits per heavy atom. The number of rotatable bonds is 6. The summed E-state index contributed by atoms with van der Waals surface area (Å²) in [6.45, 7) is 1.61. The zero-order valence-electron chi connectivity index (χ0n) is 13.4. The number of amides is 2. The molecule has 0 heterocycles. The number of carbonyl (C=O) groups is 2. The van der Waals surface area contributed by atoms with Gasteiger partial charge in [0.2, 0.25) is 5.91 Å². The van der Waals surface area contributed by atoms with E-state index in [2.05, 4.69) is 15.8 Å². The molecule has 8 heteroatoms. The summed E-state index contributed by atoms with van der Waals surface area (Å²) in [5.41, 5.74) is 3.54. The van der Waals surface area contributed by atoms with Gasteiger partial charge in [0.1, 0.15) is 0 Å². The van der Waals surface area contributed by atoms with Crippen LogP contribution < -0.4 is 10.7 Å². The van der Waals surface area contributed by atoms with Crippen molar-refractivity contribution >= 4 is 28.9 Å². The fraction of sp³-hybridized carbons (Fsp3) is 0.118. The van der Waals surface area contributed by atoms with E-state index in [1.165, 1.54) is 24.3 Å². The number of nitrogens with zero attached hydrogens (tertiary/aromatic N) is 2. The number of nitrogens with one attached hydrogen (secondary N) is 2. The first-order chi connectivity index (χ1) is 12.0. The van der Waals surface area contributed by atoms with Crippen LogP contribution in [-0.4, -0.2) is 22.4 Å². The lowest BCUT2D eigenvalue weighted by Gasteiger charge is -2.05. The van der Waals surface area contributed by atoms with E-state index >= 15 is 0 Å². The highest BCUT2D eigenvalue weighted by Gasteiger charge is 2.09. The van der Waals surface area contributed by atoms with Crippen LogP contribution in [-0.2, 0) is 4.79 Å². The van der Waals surface area contributed by atoms with Gasteiger partial charge in [-0.15, -0.1) is 0 Å². The van der Waals surface area contributed by atoms with Crippen molar-refractivity contribution in [2.45, 2.75) is 13.3 Å². The average Bonchev–Trinajstić information content (AvgIpc) is 2.60. The van der Waals surface area contributed by atoms with E-state index in [1.54, 1.807) is 31.2 Å². The SMILES string of the molecule is C/C(CC(=O)Nc1ccccc1)=N/NC(=O)c1ccc([N+](=O)[O-])cc1. The standard InChI is InChI=1S/C17H16N4O4/c1-12(11-16(22)18-14-5-3-2-4-6-14)19-20-17(23)13-7-9-15(10-8-13)21(24)25/h2-10H,11H2,1H3,(H,18,22)(H,20,23)/b19-12-. The van der Waals surface area contributed by atoms with Crippen LogP contribution in [0.3, 0.4) is 0 Å². The molecule has 2 N–H and O–H groups in total. The number of nitro benzene ring substituents is 1. The smallest absolute Gasteiger partial charge is 0.271 e. The lowest BCUT2D eigenvalue weighted by Crippen LogP contribution is -2.21. The van der Waals surface area contributed by atoms with E-state index in [-0.39, 0.29) is 23.6 Å². The van der Waals surface area contributed by atoms with Crippen LogP contribution in [0.15, 0.2) is 59.7 Å². The van der Waals surface area contributed by atoms with Gasteiger partial charge in [-0.25, -0.2) is 5.43 Å². The number of hydrogen-bond donors (Lipinski definition) is 2. The Hall–Kier alpha value is -3.55. The van der Waals surface area contributed by atoms with Gasteiger partial charge in [0.25, 0.3) is 11.6 Å². The number of carbonyl (C=O) groups excluding carboxylic acids is 2. The largest absolute Gasteiger partial charge is 0.326 e. The first kappa shape index (κ1) is 17.8. The Morgan fingerprint density at radius 1 is 1.08 bits per heavy atom. The van der Waals surface area contributed by atoms with Gasteiger partial charge in [-0.05, 0) is 31.2 Å². The topological polar surface area (TPSA) is 114 Å². The van der Waals surface area contributed by atoms with Crippen LogP contribution in [0.25, 0.3) is 0 Å². The molecule has 0 fully saturated rings. The van der Waals surface area contributed by atoms with E-state index in [0.717, 1.165) is 0 Å². The quantitative estimate of drug-likeness (QED) is 0.478. The van der Waals surface area contributed by atoms with Crippen molar-refractivity contribution in [3.05, 3.63) is 70.3 Å². The molecule has 0 atom stereocenters. The van der Waals surface area contributed by atoms with E-state index in [0.29, 0.717) is 11.4 Å². The molecule has 128 valence electrons. The number of hydrogen-bond acceptors (Lipinski definition) is 5. The molecule has 0 bridgehead atoms. The molecule has 0 aliphatic heterocycles. The third-order valence-corrected chi connectivity index (χ3v) is 3.16. The maximum atomic E-state index is 11.9. The number of hydrazone groups is 1. The van der Waals surface area contributed by atoms with Crippen molar-refractivity contribution < 1.29 is 14.5 Å². The van der Waals surface area contributed by atoms with Crippen molar-refractivity contribution in [3.63, 3.8) is 0 Å². The summed E-state index contributed by atoms with van der Waals surface area (Å²) in [6.07, 6.45) is 0.0232. The summed E-state index contributed by atoms with van der Waals surface area (Å²) in [6, 6.07) is 14.1. The zero-order valence-corrected chi connectivity index (χ0v) is 13.4. The number of benzene rings is 2. The summed E-state index contributed by atoms with van der Waals surface area (Å²) in [5, 5.41) is 17.2. The summed E-state index contributed by atoms with van der Waals surface area (Å²) in [7, 11) is 0. The minimum Gasteiger partial charge on any atom is -0.326 e. The Morgan fingerprint density at radius 3 is 2.32 bits per heavy atom. The van der Waals surface area contributed by atoms with E-state index in [4.69, 9.17) is 0 Å². The molecule has 0 saturated heterocycles. The molecule has 2 rings (SSSR count). The fourth-order valence-electron chi connectivity index (χ4n) is 1.94. The number of non-ortho nitro benzene ring substituents is 1. The molecule has 2 amide bonds. The Bertz CT molecular complexity index is 801. The Kier molecular flexibility index (Phi) is 5.94. The Balaban J connectivity index is 1.88. The van der Waals surface area contributed by atoms with Crippen molar-refractivity contribution in [1.29, 1.82) is 0 Å². The van der Waals surface area contributed by atoms with Crippen LogP contribution in [0.1, 0.15) is 23.7 Å². The lowest BCUT2D eigenvalue weighted by atomic mass is 10.2. The normalized spacial score (nSPS) is 10.8. The van der Waals surface area contributed by atoms with Gasteiger partial charge in [0.15, 0.2) is 0 Å². The van der Waals surface area contributed by atoms with Crippen molar-refractivity contribution in [3.8, 4) is 0 Å². The van der Waals surface area contributed by atoms with E-state index < -0.39 is 10.8 Å². The second-order valence-electron chi connectivity index (χ2n) is 5.18. The lowest BCUT2D eigenvalue weighted by molar-refractivity contribution is -0.384. The molecule has 8 nitrogen and oxygen atoms in total. The number of nitro groups is 1. The van der Waals surface area contributed by atoms with Crippen molar-refractivity contribution in [2.75, 3.05) is 5.32 Å². The monoisotopic (exact) mass is 340 g/mol. The highest BCUT2D eigenvalue weighted by atomic mass is 16.6. The highest BCUT2D eigenvalue weighted by Crippen LogP contribution is 2.11. The molecule has 2 aromatic rings. The predicted molar refractivity (Wildman–Crippen MR) is 93.4 cm³/mol. The number of para-hydroxylation sites is 1. The van der Waals surface area contributed by atoms with Crippen LogP contribution >= 0.6 is 0 Å². The second kappa shape index (κ2) is 8.34. The minimum absolute atomic E-state index is 0.0232. The molecule has 0 unspecified atom stereocenters. The molecule has 0 aliphatic carbocycles. The summed E-state index contributed by atoms with van der Waals surface area (Å²) in [5.74, 6) is -0.769. The van der Waals surface area contributed by atoms with E-state index in [1.807, 2.05) is 6.07 Å². The molecule has 0 spiro atoms. The Labute approximate surface area is 143 Å². The van der Waals surface area contributed by atoms with Crippen LogP contribution in [0.4, 0.5) is 11.4 Å². The summed E-state index contributed by atoms with van der Waals surface area (Å²) >= 11 is 0. The first-order valence-electron chi connectivity index (χ1n) is 7.38. The van der Waals surface area contributed by atoms with Gasteiger partial charge in [-0.1, -0.05) is 18.2 Å². The zero-order chi connectivity index (χ0) is 18.2. The van der Waals surface area contributed by atoms with E-state index in [9.17, 15) is 19.7 Å². The van der Waals surface area contributed by atoms with Crippen LogP contribution in [0, 0.1) is 10.1 Å². The van der Waals surface area contributed by atoms with Gasteiger partial charge in [0.05, 0.1) is 11.3 Å². The molecule has 25 heavy (non-hydrogen) atoms. The fourth-order valence-corrected chi connectivity index (χ4v) is 1.94. The molecule has 0 aliphatic rings. The average molecular weight is 340 g/mol. The first-order valence-corrected chi connectivity index (χ1v) is 7.38. The van der Waals surface area contributed by atoms with Gasteiger partial charge < -0.3 is 5.32 Å². The van der Waals surface area contributed by atoms with Gasteiger partial charge in [-0.3, -0.25) is 19.7 Å². The molecule has 0 saturated carbocycles. The summed E-state index contributed by atoms with van der Waals surface area (Å²) in [4.78, 5) is 33.8. The van der Waals surface area contributed by atoms with Gasteiger partial charge in [-0.2, -0.15) is 5.10 Å². The molecule has 2 aromatic carbocycles. The molecular formula is C17H16N4O4. The summed E-state index contributed by atoms with van der Waals surface area (Å²) < 4.78 is 0. The molecule has 0 radical (unpaired) electrons. The van der Waals surface area contributed by atoms with Crippen molar-refractivity contribution in [1.82, 2.24) is 5.43 Å². The van der Waals surface area contributed by atoms with Gasteiger partial charge >= 0.3 is 0 Å². The second-order valence-corrected chi connectivity index (χ2v) is 5.18.